The molecule has 0 aromatic rings. The largest absolute Gasteiger partial charge is 0.389 e. The number of fused-ring (bicyclic) bond motifs is 2. The zero-order chi connectivity index (χ0) is 11.5. The smallest absolute Gasteiger partial charge is 0.0768 e. The van der Waals surface area contributed by atoms with E-state index in [0.717, 1.165) is 6.42 Å². The first-order valence-corrected chi connectivity index (χ1v) is 6.14. The summed E-state index contributed by atoms with van der Waals surface area (Å²) in [6, 6.07) is 0. The lowest BCUT2D eigenvalue weighted by molar-refractivity contribution is -0.113. The molecule has 15 heavy (non-hydrogen) atoms. The Balaban J connectivity index is 2.45. The molecule has 0 unspecified atom stereocenters. The maximum absolute atomic E-state index is 11.0. The summed E-state index contributed by atoms with van der Waals surface area (Å²) in [5.74, 6) is 0.891. The molecule has 2 saturated carbocycles. The Morgan fingerprint density at radius 2 is 2.00 bits per heavy atom. The molecule has 0 heterocycles. The molecule has 1 heteroatoms. The molecule has 0 spiro atoms. The van der Waals surface area contributed by atoms with Crippen molar-refractivity contribution in [1.82, 2.24) is 0 Å². The number of hydrogen-bond acceptors (Lipinski definition) is 1. The zero-order valence-electron chi connectivity index (χ0n) is 10.5. The zero-order valence-corrected chi connectivity index (χ0v) is 10.5. The predicted octanol–water partition coefficient (Wildman–Crippen LogP) is 3.39. The third-order valence-corrected chi connectivity index (χ3v) is 6.06. The van der Waals surface area contributed by atoms with Crippen LogP contribution in [-0.4, -0.2) is 10.7 Å². The van der Waals surface area contributed by atoms with Crippen LogP contribution in [0.2, 0.25) is 0 Å². The first kappa shape index (κ1) is 11.2. The van der Waals surface area contributed by atoms with Gasteiger partial charge >= 0.3 is 0 Å². The van der Waals surface area contributed by atoms with Crippen molar-refractivity contribution in [2.75, 3.05) is 0 Å². The third-order valence-electron chi connectivity index (χ3n) is 6.06. The van der Waals surface area contributed by atoms with Crippen LogP contribution in [0, 0.1) is 22.7 Å². The van der Waals surface area contributed by atoms with Crippen molar-refractivity contribution in [2.24, 2.45) is 22.7 Å². The van der Waals surface area contributed by atoms with Crippen molar-refractivity contribution in [1.29, 1.82) is 0 Å². The van der Waals surface area contributed by atoms with Gasteiger partial charge in [-0.15, -0.1) is 6.58 Å². The van der Waals surface area contributed by atoms with E-state index in [1.165, 1.54) is 12.8 Å². The van der Waals surface area contributed by atoms with Crippen LogP contribution >= 0.6 is 0 Å². The van der Waals surface area contributed by atoms with Gasteiger partial charge in [0.25, 0.3) is 0 Å². The Morgan fingerprint density at radius 3 is 2.33 bits per heavy atom. The molecule has 0 aromatic carbocycles. The summed E-state index contributed by atoms with van der Waals surface area (Å²) >= 11 is 0. The summed E-state index contributed by atoms with van der Waals surface area (Å²) in [6.07, 6.45) is 5.33. The summed E-state index contributed by atoms with van der Waals surface area (Å²) in [7, 11) is 0. The average molecular weight is 208 g/mol. The van der Waals surface area contributed by atoms with Crippen molar-refractivity contribution in [2.45, 2.75) is 52.6 Å². The molecule has 0 amide bonds. The van der Waals surface area contributed by atoms with Gasteiger partial charge in [0, 0.05) is 11.3 Å². The van der Waals surface area contributed by atoms with E-state index in [1.807, 2.05) is 6.08 Å². The van der Waals surface area contributed by atoms with Crippen LogP contribution in [0.3, 0.4) is 0 Å². The molecule has 2 aliphatic carbocycles. The fourth-order valence-electron chi connectivity index (χ4n) is 4.21. The minimum atomic E-state index is -0.527. The second-order valence-electron chi connectivity index (χ2n) is 6.44. The van der Waals surface area contributed by atoms with Gasteiger partial charge < -0.3 is 5.11 Å². The predicted molar refractivity (Wildman–Crippen MR) is 63.5 cm³/mol. The topological polar surface area (TPSA) is 20.2 Å². The van der Waals surface area contributed by atoms with Crippen LogP contribution in [0.5, 0.6) is 0 Å². The van der Waals surface area contributed by atoms with Crippen LogP contribution in [0.25, 0.3) is 0 Å². The second-order valence-corrected chi connectivity index (χ2v) is 6.44. The van der Waals surface area contributed by atoms with Gasteiger partial charge in [0.15, 0.2) is 0 Å². The summed E-state index contributed by atoms with van der Waals surface area (Å²) in [5, 5.41) is 11.0. The van der Waals surface area contributed by atoms with Crippen LogP contribution in [0.15, 0.2) is 12.7 Å². The average Bonchev–Trinajstić information content (AvgIpc) is 2.48. The highest BCUT2D eigenvalue weighted by Gasteiger charge is 2.69. The Hall–Kier alpha value is -0.300. The fourth-order valence-corrected chi connectivity index (χ4v) is 4.21. The SMILES string of the molecule is C=C[C@H](C)[C@@]1(O)C[C@@H]2CC[C@@]1(C)C2(C)C. The first-order chi connectivity index (χ1) is 6.79. The molecule has 4 atom stereocenters. The van der Waals surface area contributed by atoms with E-state index in [0.29, 0.717) is 5.92 Å². The van der Waals surface area contributed by atoms with Crippen molar-refractivity contribution in [3.63, 3.8) is 0 Å². The summed E-state index contributed by atoms with van der Waals surface area (Å²) in [6.45, 7) is 12.9. The fraction of sp³-hybridized carbons (Fsp3) is 0.857. The van der Waals surface area contributed by atoms with Gasteiger partial charge in [0.05, 0.1) is 5.60 Å². The lowest BCUT2D eigenvalue weighted by atomic mass is 9.61. The molecule has 0 radical (unpaired) electrons. The highest BCUT2D eigenvalue weighted by Crippen LogP contribution is 2.71. The highest BCUT2D eigenvalue weighted by molar-refractivity contribution is 5.20. The van der Waals surface area contributed by atoms with Crippen molar-refractivity contribution >= 4 is 0 Å². The molecule has 86 valence electrons. The monoisotopic (exact) mass is 208 g/mol. The van der Waals surface area contributed by atoms with Gasteiger partial charge in [-0.1, -0.05) is 33.8 Å². The lowest BCUT2D eigenvalue weighted by Gasteiger charge is -2.48. The molecule has 0 aromatic heterocycles. The molecular weight excluding hydrogens is 184 g/mol. The van der Waals surface area contributed by atoms with Crippen LogP contribution in [0.1, 0.15) is 47.0 Å². The van der Waals surface area contributed by atoms with Gasteiger partial charge in [0.2, 0.25) is 0 Å². The molecule has 2 aliphatic rings. The van der Waals surface area contributed by atoms with Gasteiger partial charge in [-0.2, -0.15) is 0 Å². The van der Waals surface area contributed by atoms with Crippen LogP contribution in [0.4, 0.5) is 0 Å². The number of aliphatic hydroxyl groups is 1. The van der Waals surface area contributed by atoms with Crippen molar-refractivity contribution in [3.8, 4) is 0 Å². The molecule has 1 N–H and O–H groups in total. The van der Waals surface area contributed by atoms with E-state index < -0.39 is 5.60 Å². The van der Waals surface area contributed by atoms with Gasteiger partial charge in [-0.05, 0) is 30.6 Å². The second kappa shape index (κ2) is 2.88. The standard InChI is InChI=1S/C14H24O/c1-6-10(2)14(15)9-11-7-8-13(14,5)12(11,3)4/h6,10-11,15H,1,7-9H2,2-5H3/t10-,11-,13-,14-/m0/s1. The molecular formula is C14H24O. The minimum Gasteiger partial charge on any atom is -0.389 e. The van der Waals surface area contributed by atoms with E-state index in [2.05, 4.69) is 34.3 Å². The Bertz CT molecular complexity index is 294. The van der Waals surface area contributed by atoms with E-state index in [4.69, 9.17) is 0 Å². The Morgan fingerprint density at radius 1 is 1.40 bits per heavy atom. The maximum Gasteiger partial charge on any atom is 0.0768 e. The molecule has 2 fully saturated rings. The highest BCUT2D eigenvalue weighted by atomic mass is 16.3. The minimum absolute atomic E-state index is 0.0677. The number of rotatable bonds is 2. The Labute approximate surface area is 93.6 Å². The van der Waals surface area contributed by atoms with Crippen molar-refractivity contribution in [3.05, 3.63) is 12.7 Å². The van der Waals surface area contributed by atoms with Crippen LogP contribution < -0.4 is 0 Å². The van der Waals surface area contributed by atoms with Gasteiger partial charge in [0.1, 0.15) is 0 Å². The van der Waals surface area contributed by atoms with Gasteiger partial charge in [-0.25, -0.2) is 0 Å². The molecule has 0 aliphatic heterocycles. The van der Waals surface area contributed by atoms with E-state index >= 15 is 0 Å². The van der Waals surface area contributed by atoms with Gasteiger partial charge in [-0.3, -0.25) is 0 Å². The van der Waals surface area contributed by atoms with E-state index in [-0.39, 0.29) is 16.7 Å². The molecule has 2 bridgehead atoms. The van der Waals surface area contributed by atoms with E-state index in [9.17, 15) is 5.11 Å². The van der Waals surface area contributed by atoms with E-state index in [1.54, 1.807) is 0 Å². The lowest BCUT2D eigenvalue weighted by Crippen LogP contribution is -2.51. The third kappa shape index (κ3) is 1.03. The summed E-state index contributed by atoms with van der Waals surface area (Å²) in [4.78, 5) is 0. The summed E-state index contributed by atoms with van der Waals surface area (Å²) in [5.41, 5.74) is -0.182. The quantitative estimate of drug-likeness (QED) is 0.690. The first-order valence-electron chi connectivity index (χ1n) is 6.14. The molecule has 0 saturated heterocycles. The maximum atomic E-state index is 11.0. The van der Waals surface area contributed by atoms with Crippen LogP contribution in [-0.2, 0) is 0 Å². The summed E-state index contributed by atoms with van der Waals surface area (Å²) < 4.78 is 0. The Kier molecular flexibility index (Phi) is 2.15. The normalized spacial score (nSPS) is 49.3. The molecule has 1 nitrogen and oxygen atoms in total. The van der Waals surface area contributed by atoms with Crippen molar-refractivity contribution < 1.29 is 5.11 Å². The number of hydrogen-bond donors (Lipinski definition) is 1. The molecule has 2 rings (SSSR count).